The first kappa shape index (κ1) is 26.4. The molecule has 0 aromatic rings. The van der Waals surface area contributed by atoms with Crippen LogP contribution in [-0.2, 0) is 4.79 Å². The van der Waals surface area contributed by atoms with Crippen molar-refractivity contribution in [1.82, 2.24) is 0 Å². The molecule has 0 fully saturated rings. The van der Waals surface area contributed by atoms with E-state index in [9.17, 15) is 4.79 Å². The fraction of sp³-hybridized carbons (Fsp3) is 0.880. The molecule has 0 spiro atoms. The Kier molecular flexibility index (Phi) is 15.0. The molecule has 0 aliphatic heterocycles. The molecule has 0 saturated heterocycles. The molecule has 3 atom stereocenters. The van der Waals surface area contributed by atoms with E-state index in [2.05, 4.69) is 40.7 Å². The van der Waals surface area contributed by atoms with Crippen molar-refractivity contribution in [3.05, 3.63) is 11.6 Å². The normalized spacial score (nSPS) is 16.0. The maximum Gasteiger partial charge on any atom is 0.153 e. The van der Waals surface area contributed by atoms with Gasteiger partial charge < -0.3 is 5.73 Å². The van der Waals surface area contributed by atoms with Crippen LogP contribution in [-0.4, -0.2) is 11.8 Å². The highest BCUT2D eigenvalue weighted by Crippen LogP contribution is 2.22. The van der Waals surface area contributed by atoms with Crippen molar-refractivity contribution < 1.29 is 4.79 Å². The van der Waals surface area contributed by atoms with Gasteiger partial charge in [0.05, 0.1) is 6.04 Å². The van der Waals surface area contributed by atoms with Gasteiger partial charge in [0.15, 0.2) is 5.78 Å². The number of hydrogen-bond donors (Lipinski definition) is 1. The molecule has 0 saturated carbocycles. The molecule has 2 heteroatoms. The van der Waals surface area contributed by atoms with Gasteiger partial charge in [-0.05, 0) is 43.4 Å². The van der Waals surface area contributed by atoms with Crippen LogP contribution in [0.2, 0.25) is 0 Å². The molecule has 0 aliphatic rings. The second-order valence-electron chi connectivity index (χ2n) is 9.85. The summed E-state index contributed by atoms with van der Waals surface area (Å²) in [7, 11) is 0. The summed E-state index contributed by atoms with van der Waals surface area (Å²) in [4.78, 5) is 12.0. The predicted octanol–water partition coefficient (Wildman–Crippen LogP) is 7.31. The third kappa shape index (κ3) is 15.0. The van der Waals surface area contributed by atoms with Gasteiger partial charge >= 0.3 is 0 Å². The standard InChI is InChI=1S/C25H49NO/c1-19(2)11-8-12-21(5)13-9-14-22(6)15-10-16-23(7)17-18-24(27)25(26)20(3)4/h17,19-22,25H,8-16,18,26H2,1-7H3/t21?,22?,25-/m0/s1. The Balaban J connectivity index is 3.82. The van der Waals surface area contributed by atoms with Crippen LogP contribution in [0.3, 0.4) is 0 Å². The number of nitrogens with two attached hydrogens (primary N) is 1. The van der Waals surface area contributed by atoms with Gasteiger partial charge in [0.1, 0.15) is 0 Å². The molecule has 0 rings (SSSR count). The third-order valence-corrected chi connectivity index (χ3v) is 5.88. The van der Waals surface area contributed by atoms with Crippen molar-refractivity contribution >= 4 is 5.78 Å². The van der Waals surface area contributed by atoms with E-state index in [0.29, 0.717) is 6.42 Å². The maximum atomic E-state index is 12.0. The lowest BCUT2D eigenvalue weighted by molar-refractivity contribution is -0.120. The molecule has 2 unspecified atom stereocenters. The summed E-state index contributed by atoms with van der Waals surface area (Å²) in [6.45, 7) is 15.6. The van der Waals surface area contributed by atoms with Gasteiger partial charge in [-0.15, -0.1) is 0 Å². The molecule has 2 nitrogen and oxygen atoms in total. The Morgan fingerprint density at radius 3 is 1.78 bits per heavy atom. The van der Waals surface area contributed by atoms with Crippen molar-refractivity contribution in [2.75, 3.05) is 0 Å². The number of Topliss-reactive ketones (excluding diaryl/α,β-unsaturated/α-hetero) is 1. The average molecular weight is 380 g/mol. The molecular formula is C25H49NO. The number of carbonyl (C=O) groups excluding carboxylic acids is 1. The van der Waals surface area contributed by atoms with Crippen molar-refractivity contribution in [2.24, 2.45) is 29.4 Å². The Labute approximate surface area is 170 Å². The van der Waals surface area contributed by atoms with Gasteiger partial charge in [-0.25, -0.2) is 0 Å². The Hall–Kier alpha value is -0.630. The van der Waals surface area contributed by atoms with E-state index >= 15 is 0 Å². The minimum Gasteiger partial charge on any atom is -0.321 e. The summed E-state index contributed by atoms with van der Waals surface area (Å²) in [5.74, 6) is 2.94. The SMILES string of the molecule is CC(=CCC(=O)[C@@H](N)C(C)C)CCCC(C)CCCC(C)CCCC(C)C. The molecule has 0 aromatic carbocycles. The van der Waals surface area contributed by atoms with Crippen LogP contribution < -0.4 is 5.73 Å². The summed E-state index contributed by atoms with van der Waals surface area (Å²) in [5, 5.41) is 0. The first-order valence-electron chi connectivity index (χ1n) is 11.6. The molecule has 0 aliphatic carbocycles. The van der Waals surface area contributed by atoms with E-state index < -0.39 is 0 Å². The lowest BCUT2D eigenvalue weighted by atomic mass is 9.91. The van der Waals surface area contributed by atoms with Gasteiger partial charge in [-0.2, -0.15) is 0 Å². The molecule has 27 heavy (non-hydrogen) atoms. The highest BCUT2D eigenvalue weighted by atomic mass is 16.1. The van der Waals surface area contributed by atoms with Crippen LogP contribution in [0.5, 0.6) is 0 Å². The predicted molar refractivity (Wildman–Crippen MR) is 121 cm³/mol. The molecule has 0 amide bonds. The van der Waals surface area contributed by atoms with E-state index in [1.807, 2.05) is 13.8 Å². The third-order valence-electron chi connectivity index (χ3n) is 5.88. The van der Waals surface area contributed by atoms with E-state index in [-0.39, 0.29) is 17.7 Å². The van der Waals surface area contributed by atoms with E-state index in [1.54, 1.807) is 0 Å². The van der Waals surface area contributed by atoms with Crippen LogP contribution in [0.15, 0.2) is 11.6 Å². The van der Waals surface area contributed by atoms with Crippen molar-refractivity contribution in [1.29, 1.82) is 0 Å². The molecule has 2 N–H and O–H groups in total. The largest absolute Gasteiger partial charge is 0.321 e. The zero-order chi connectivity index (χ0) is 20.8. The molecule has 0 bridgehead atoms. The Bertz CT molecular complexity index is 411. The van der Waals surface area contributed by atoms with E-state index in [1.165, 1.54) is 56.9 Å². The fourth-order valence-electron chi connectivity index (χ4n) is 3.59. The van der Waals surface area contributed by atoms with Crippen molar-refractivity contribution in [2.45, 2.75) is 119 Å². The average Bonchev–Trinajstić information content (AvgIpc) is 2.58. The van der Waals surface area contributed by atoms with Crippen LogP contribution in [0.4, 0.5) is 0 Å². The zero-order valence-electron chi connectivity index (χ0n) is 19.5. The zero-order valence-corrected chi connectivity index (χ0v) is 19.5. The second kappa shape index (κ2) is 15.3. The quantitative estimate of drug-likeness (QED) is 0.286. The number of carbonyl (C=O) groups is 1. The Morgan fingerprint density at radius 1 is 0.815 bits per heavy atom. The van der Waals surface area contributed by atoms with Crippen LogP contribution in [0, 0.1) is 23.7 Å². The van der Waals surface area contributed by atoms with Crippen molar-refractivity contribution in [3.63, 3.8) is 0 Å². The summed E-state index contributed by atoms with van der Waals surface area (Å²) in [6, 6.07) is -0.318. The summed E-state index contributed by atoms with van der Waals surface area (Å²) >= 11 is 0. The lowest BCUT2D eigenvalue weighted by Gasteiger charge is -2.15. The summed E-state index contributed by atoms with van der Waals surface area (Å²) < 4.78 is 0. The maximum absolute atomic E-state index is 12.0. The fourth-order valence-corrected chi connectivity index (χ4v) is 3.59. The number of rotatable bonds is 16. The van der Waals surface area contributed by atoms with Crippen LogP contribution in [0.1, 0.15) is 113 Å². The highest BCUT2D eigenvalue weighted by Gasteiger charge is 2.15. The van der Waals surface area contributed by atoms with Crippen molar-refractivity contribution in [3.8, 4) is 0 Å². The first-order chi connectivity index (χ1) is 12.6. The minimum atomic E-state index is -0.318. The van der Waals surface area contributed by atoms with Gasteiger partial charge in [-0.3, -0.25) is 4.79 Å². The van der Waals surface area contributed by atoms with Gasteiger partial charge in [0.25, 0.3) is 0 Å². The number of ketones is 1. The molecular weight excluding hydrogens is 330 g/mol. The first-order valence-corrected chi connectivity index (χ1v) is 11.6. The number of allylic oxidation sites excluding steroid dienone is 2. The second-order valence-corrected chi connectivity index (χ2v) is 9.85. The minimum absolute atomic E-state index is 0.167. The molecule has 0 aromatic heterocycles. The summed E-state index contributed by atoms with van der Waals surface area (Å²) in [5.41, 5.74) is 7.25. The van der Waals surface area contributed by atoms with Gasteiger partial charge in [0.2, 0.25) is 0 Å². The van der Waals surface area contributed by atoms with Gasteiger partial charge in [0, 0.05) is 6.42 Å². The topological polar surface area (TPSA) is 43.1 Å². The highest BCUT2D eigenvalue weighted by molar-refractivity contribution is 5.85. The summed E-state index contributed by atoms with van der Waals surface area (Å²) in [6.07, 6.45) is 14.5. The lowest BCUT2D eigenvalue weighted by Crippen LogP contribution is -2.35. The smallest absolute Gasteiger partial charge is 0.153 e. The van der Waals surface area contributed by atoms with E-state index in [4.69, 9.17) is 5.73 Å². The Morgan fingerprint density at radius 2 is 1.30 bits per heavy atom. The number of hydrogen-bond acceptors (Lipinski definition) is 2. The molecule has 160 valence electrons. The molecule has 0 radical (unpaired) electrons. The van der Waals surface area contributed by atoms with E-state index in [0.717, 1.165) is 24.2 Å². The van der Waals surface area contributed by atoms with Crippen LogP contribution in [0.25, 0.3) is 0 Å². The van der Waals surface area contributed by atoms with Gasteiger partial charge in [-0.1, -0.05) is 98.1 Å². The monoisotopic (exact) mass is 379 g/mol. The molecule has 0 heterocycles. The van der Waals surface area contributed by atoms with Crippen LogP contribution >= 0.6 is 0 Å².